The number of hydrogen-bond acceptors (Lipinski definition) is 4. The molecule has 0 atom stereocenters. The zero-order valence-corrected chi connectivity index (χ0v) is 13.6. The number of nitrogens with one attached hydrogen (secondary N) is 1. The lowest BCUT2D eigenvalue weighted by Crippen LogP contribution is -2.29. The summed E-state index contributed by atoms with van der Waals surface area (Å²) in [5.74, 6) is 0.242. The van der Waals surface area contributed by atoms with Crippen LogP contribution in [-0.4, -0.2) is 25.8 Å². The third-order valence-electron chi connectivity index (χ3n) is 3.12. The summed E-state index contributed by atoms with van der Waals surface area (Å²) in [6.45, 7) is 0.250. The molecule has 0 aliphatic carbocycles. The lowest BCUT2D eigenvalue weighted by atomic mass is 10.0. The summed E-state index contributed by atoms with van der Waals surface area (Å²) in [5.41, 5.74) is 1.63. The Morgan fingerprint density at radius 2 is 1.87 bits per heavy atom. The fourth-order valence-electron chi connectivity index (χ4n) is 2.02. The molecule has 2 aromatic rings. The molecule has 2 rings (SSSR count). The van der Waals surface area contributed by atoms with Gasteiger partial charge < -0.3 is 14.9 Å². The summed E-state index contributed by atoms with van der Waals surface area (Å²) in [7, 11) is 2.93. The molecule has 6 heteroatoms. The van der Waals surface area contributed by atoms with E-state index in [1.54, 1.807) is 18.2 Å². The van der Waals surface area contributed by atoms with Gasteiger partial charge in [0.1, 0.15) is 19.5 Å². The van der Waals surface area contributed by atoms with E-state index in [-0.39, 0.29) is 18.2 Å². The average Bonchev–Trinajstić information content (AvgIpc) is 2.59. The first kappa shape index (κ1) is 16.8. The van der Waals surface area contributed by atoms with Crippen molar-refractivity contribution < 1.29 is 14.4 Å². The van der Waals surface area contributed by atoms with Crippen molar-refractivity contribution in [2.45, 2.75) is 6.61 Å². The van der Waals surface area contributed by atoms with Crippen LogP contribution in [0.4, 0.5) is 0 Å². The molecule has 0 saturated carbocycles. The van der Waals surface area contributed by atoms with Crippen LogP contribution < -0.4 is 10.1 Å². The number of carbonyl (C=O) groups excluding carboxylic acids is 1. The number of para-hydroxylation sites is 1. The molecule has 0 aromatic heterocycles. The number of benzene rings is 2. The summed E-state index contributed by atoms with van der Waals surface area (Å²) in [5, 5.41) is 6.90. The number of hydrogen-bond donors (Lipinski definition) is 1. The average molecular weight is 333 g/mol. The summed E-state index contributed by atoms with van der Waals surface area (Å²) in [6.07, 6.45) is 0. The van der Waals surface area contributed by atoms with Crippen molar-refractivity contribution in [3.05, 3.63) is 64.7 Å². The second kappa shape index (κ2) is 8.19. The lowest BCUT2D eigenvalue weighted by Gasteiger charge is -2.12. The molecule has 0 bridgehead atoms. The van der Waals surface area contributed by atoms with Crippen molar-refractivity contribution in [1.29, 1.82) is 0 Å². The van der Waals surface area contributed by atoms with Crippen molar-refractivity contribution in [2.75, 3.05) is 14.2 Å². The van der Waals surface area contributed by atoms with Gasteiger partial charge in [-0.25, -0.2) is 0 Å². The highest BCUT2D eigenvalue weighted by Gasteiger charge is 2.17. The van der Waals surface area contributed by atoms with E-state index in [2.05, 4.69) is 10.5 Å². The second-order valence-corrected chi connectivity index (χ2v) is 4.99. The fraction of sp³-hybridized carbons (Fsp3) is 0.176. The van der Waals surface area contributed by atoms with E-state index in [1.807, 2.05) is 30.3 Å². The normalized spacial score (nSPS) is 11.0. The second-order valence-electron chi connectivity index (χ2n) is 4.58. The van der Waals surface area contributed by atoms with E-state index in [0.717, 1.165) is 5.56 Å². The first-order chi connectivity index (χ1) is 11.2. The van der Waals surface area contributed by atoms with Gasteiger partial charge in [-0.2, -0.15) is 0 Å². The minimum atomic E-state index is -0.336. The van der Waals surface area contributed by atoms with Crippen LogP contribution in [-0.2, 0) is 16.2 Å². The van der Waals surface area contributed by atoms with Gasteiger partial charge in [-0.3, -0.25) is 4.79 Å². The number of amides is 1. The minimum Gasteiger partial charge on any atom is -0.487 e. The van der Waals surface area contributed by atoms with Crippen LogP contribution in [0.25, 0.3) is 0 Å². The Labute approximate surface area is 139 Å². The summed E-state index contributed by atoms with van der Waals surface area (Å²) < 4.78 is 5.75. The number of ether oxygens (including phenoxy) is 1. The number of carbonyl (C=O) groups is 1. The molecule has 0 aliphatic heterocycles. The molecule has 0 unspecified atom stereocenters. The van der Waals surface area contributed by atoms with Crippen LogP contribution in [0, 0.1) is 0 Å². The summed E-state index contributed by atoms with van der Waals surface area (Å²) in [6, 6.07) is 14.6. The van der Waals surface area contributed by atoms with Gasteiger partial charge in [-0.05, 0) is 17.7 Å². The number of likely N-dealkylation sites (N-methyl/N-ethyl adjacent to an activating group) is 1. The molecule has 120 valence electrons. The third kappa shape index (κ3) is 4.23. The molecular weight excluding hydrogens is 316 g/mol. The van der Waals surface area contributed by atoms with Gasteiger partial charge in [0.05, 0.1) is 5.02 Å². The van der Waals surface area contributed by atoms with Crippen molar-refractivity contribution >= 4 is 23.2 Å². The van der Waals surface area contributed by atoms with Gasteiger partial charge >= 0.3 is 0 Å². The maximum absolute atomic E-state index is 12.0. The molecule has 1 amide bonds. The van der Waals surface area contributed by atoms with Crippen LogP contribution in [0.5, 0.6) is 5.75 Å². The first-order valence-corrected chi connectivity index (χ1v) is 7.34. The van der Waals surface area contributed by atoms with Crippen LogP contribution in [0.3, 0.4) is 0 Å². The number of rotatable bonds is 6. The smallest absolute Gasteiger partial charge is 0.273 e. The SMILES string of the molecule is CNC(=O)/C(=N/OC)c1ccccc1COc1ccccc1Cl. The largest absolute Gasteiger partial charge is 0.487 e. The predicted molar refractivity (Wildman–Crippen MR) is 89.8 cm³/mol. The van der Waals surface area contributed by atoms with Gasteiger partial charge in [0.25, 0.3) is 5.91 Å². The van der Waals surface area contributed by atoms with E-state index in [9.17, 15) is 4.79 Å². The predicted octanol–water partition coefficient (Wildman–Crippen LogP) is 3.02. The van der Waals surface area contributed by atoms with Gasteiger partial charge in [0.2, 0.25) is 0 Å². The molecule has 1 N–H and O–H groups in total. The van der Waals surface area contributed by atoms with Crippen LogP contribution in [0.2, 0.25) is 5.02 Å². The maximum atomic E-state index is 12.0. The van der Waals surface area contributed by atoms with E-state index in [0.29, 0.717) is 16.3 Å². The Morgan fingerprint density at radius 3 is 2.57 bits per heavy atom. The Hall–Kier alpha value is -2.53. The highest BCUT2D eigenvalue weighted by molar-refractivity contribution is 6.45. The maximum Gasteiger partial charge on any atom is 0.273 e. The Kier molecular flexibility index (Phi) is 6.00. The Morgan fingerprint density at radius 1 is 1.17 bits per heavy atom. The molecule has 23 heavy (non-hydrogen) atoms. The van der Waals surface area contributed by atoms with E-state index >= 15 is 0 Å². The topological polar surface area (TPSA) is 59.9 Å². The summed E-state index contributed by atoms with van der Waals surface area (Å²) >= 11 is 6.08. The quantitative estimate of drug-likeness (QED) is 0.653. The number of nitrogens with zero attached hydrogens (tertiary/aromatic N) is 1. The lowest BCUT2D eigenvalue weighted by molar-refractivity contribution is -0.114. The highest BCUT2D eigenvalue weighted by atomic mass is 35.5. The fourth-order valence-corrected chi connectivity index (χ4v) is 2.21. The first-order valence-electron chi connectivity index (χ1n) is 6.96. The van der Waals surface area contributed by atoms with Gasteiger partial charge in [0.15, 0.2) is 5.71 Å². The van der Waals surface area contributed by atoms with E-state index in [4.69, 9.17) is 21.2 Å². The monoisotopic (exact) mass is 332 g/mol. The molecule has 2 aromatic carbocycles. The van der Waals surface area contributed by atoms with Crippen molar-refractivity contribution in [1.82, 2.24) is 5.32 Å². The Bertz CT molecular complexity index is 716. The van der Waals surface area contributed by atoms with Crippen LogP contribution in [0.15, 0.2) is 53.7 Å². The molecule has 0 fully saturated rings. The molecule has 0 spiro atoms. The van der Waals surface area contributed by atoms with Gasteiger partial charge in [-0.1, -0.05) is 53.2 Å². The minimum absolute atomic E-state index is 0.188. The van der Waals surface area contributed by atoms with Gasteiger partial charge in [0, 0.05) is 12.6 Å². The molecular formula is C17H17ClN2O3. The standard InChI is InChI=1S/C17H17ClN2O3/c1-19-17(21)16(20-22-2)13-8-4-3-7-12(13)11-23-15-10-6-5-9-14(15)18/h3-10H,11H2,1-2H3,(H,19,21)/b20-16+. The molecule has 5 nitrogen and oxygen atoms in total. The third-order valence-corrected chi connectivity index (χ3v) is 3.43. The highest BCUT2D eigenvalue weighted by Crippen LogP contribution is 2.24. The molecule has 0 aliphatic rings. The van der Waals surface area contributed by atoms with Crippen molar-refractivity contribution in [3.8, 4) is 5.75 Å². The molecule has 0 saturated heterocycles. The van der Waals surface area contributed by atoms with Crippen LogP contribution in [0.1, 0.15) is 11.1 Å². The zero-order chi connectivity index (χ0) is 16.7. The number of halogens is 1. The summed E-state index contributed by atoms with van der Waals surface area (Å²) in [4.78, 5) is 16.8. The molecule has 0 heterocycles. The zero-order valence-electron chi connectivity index (χ0n) is 12.9. The van der Waals surface area contributed by atoms with Crippen molar-refractivity contribution in [3.63, 3.8) is 0 Å². The molecule has 0 radical (unpaired) electrons. The van der Waals surface area contributed by atoms with E-state index < -0.39 is 0 Å². The van der Waals surface area contributed by atoms with E-state index in [1.165, 1.54) is 14.2 Å². The van der Waals surface area contributed by atoms with Gasteiger partial charge in [-0.15, -0.1) is 0 Å². The van der Waals surface area contributed by atoms with Crippen molar-refractivity contribution in [2.24, 2.45) is 5.16 Å². The number of oxime groups is 1. The Balaban J connectivity index is 2.28. The van der Waals surface area contributed by atoms with Crippen LogP contribution >= 0.6 is 11.6 Å².